The Hall–Kier alpha value is -1.25. The summed E-state index contributed by atoms with van der Waals surface area (Å²) in [6.45, 7) is 7.41. The highest BCUT2D eigenvalue weighted by atomic mass is 35.7. The number of halogens is 1. The van der Waals surface area contributed by atoms with E-state index in [9.17, 15) is 8.42 Å². The topological polar surface area (TPSA) is 67.2 Å². The lowest BCUT2D eigenvalue weighted by Crippen LogP contribution is -2.17. The number of nitrogens with zero attached hydrogens (tertiary/aromatic N) is 1. The van der Waals surface area contributed by atoms with Gasteiger partial charge in [-0.25, -0.2) is 8.42 Å². The molecule has 0 heterocycles. The Labute approximate surface area is 118 Å². The van der Waals surface area contributed by atoms with Gasteiger partial charge in [-0.2, -0.15) is 5.26 Å². The Bertz CT molecular complexity index is 612. The first-order chi connectivity index (χ1) is 8.55. The highest BCUT2D eigenvalue weighted by Crippen LogP contribution is 2.34. The molecule has 1 aromatic carbocycles. The van der Waals surface area contributed by atoms with Crippen LogP contribution < -0.4 is 4.74 Å². The Morgan fingerprint density at radius 2 is 1.95 bits per heavy atom. The third-order valence-electron chi connectivity index (χ3n) is 2.53. The summed E-state index contributed by atoms with van der Waals surface area (Å²) in [6, 6.07) is 6.36. The molecule has 6 heteroatoms. The zero-order valence-corrected chi connectivity index (χ0v) is 12.8. The van der Waals surface area contributed by atoms with E-state index in [1.807, 2.05) is 26.8 Å². The van der Waals surface area contributed by atoms with Gasteiger partial charge in [0.2, 0.25) is 0 Å². The first-order valence-electron chi connectivity index (χ1n) is 5.71. The van der Waals surface area contributed by atoms with Crippen LogP contribution in [0.2, 0.25) is 0 Å². The van der Waals surface area contributed by atoms with Gasteiger partial charge in [-0.1, -0.05) is 20.8 Å². The van der Waals surface area contributed by atoms with Crippen molar-refractivity contribution in [1.82, 2.24) is 0 Å². The fourth-order valence-electron chi connectivity index (χ4n) is 1.57. The van der Waals surface area contributed by atoms with Crippen molar-refractivity contribution in [2.24, 2.45) is 0 Å². The van der Waals surface area contributed by atoms with E-state index in [4.69, 9.17) is 20.7 Å². The summed E-state index contributed by atoms with van der Waals surface area (Å²) in [7, 11) is 1.56. The number of nitriles is 1. The zero-order valence-electron chi connectivity index (χ0n) is 11.3. The van der Waals surface area contributed by atoms with Crippen LogP contribution in [0.15, 0.2) is 23.1 Å². The SMILES string of the molecule is CC(C#N)Oc1ccc(S(=O)(=O)Cl)cc1C(C)(C)C. The first-order valence-corrected chi connectivity index (χ1v) is 8.02. The molecule has 0 saturated carbocycles. The average molecular weight is 302 g/mol. The highest BCUT2D eigenvalue weighted by Gasteiger charge is 2.23. The molecule has 4 nitrogen and oxygen atoms in total. The Balaban J connectivity index is 3.39. The smallest absolute Gasteiger partial charge is 0.261 e. The summed E-state index contributed by atoms with van der Waals surface area (Å²) in [5.41, 5.74) is 0.360. The van der Waals surface area contributed by atoms with Gasteiger partial charge in [-0.3, -0.25) is 0 Å². The maximum atomic E-state index is 11.4. The summed E-state index contributed by atoms with van der Waals surface area (Å²) in [4.78, 5) is 0.0241. The van der Waals surface area contributed by atoms with Gasteiger partial charge < -0.3 is 4.74 Å². The van der Waals surface area contributed by atoms with Crippen molar-refractivity contribution in [2.75, 3.05) is 0 Å². The lowest BCUT2D eigenvalue weighted by atomic mass is 9.86. The zero-order chi connectivity index (χ0) is 14.8. The molecule has 1 rings (SSSR count). The molecule has 0 aliphatic carbocycles. The first kappa shape index (κ1) is 15.8. The molecule has 0 spiro atoms. The standard InChI is InChI=1S/C13H16ClNO3S/c1-9(8-15)18-12-6-5-10(19(14,16)17)7-11(12)13(2,3)4/h5-7,9H,1-4H3. The van der Waals surface area contributed by atoms with Crippen LogP contribution in [0.1, 0.15) is 33.3 Å². The number of benzene rings is 1. The van der Waals surface area contributed by atoms with Gasteiger partial charge in [-0.05, 0) is 30.5 Å². The van der Waals surface area contributed by atoms with E-state index in [-0.39, 0.29) is 10.3 Å². The van der Waals surface area contributed by atoms with E-state index in [2.05, 4.69) is 0 Å². The van der Waals surface area contributed by atoms with Crippen molar-refractivity contribution >= 4 is 19.7 Å². The van der Waals surface area contributed by atoms with Crippen LogP contribution in [0.5, 0.6) is 5.75 Å². The van der Waals surface area contributed by atoms with Crippen LogP contribution >= 0.6 is 10.7 Å². The number of hydrogen-bond donors (Lipinski definition) is 0. The molecule has 0 aliphatic rings. The molecule has 0 aliphatic heterocycles. The summed E-state index contributed by atoms with van der Waals surface area (Å²) < 4.78 is 28.2. The number of hydrogen-bond acceptors (Lipinski definition) is 4. The van der Waals surface area contributed by atoms with Crippen molar-refractivity contribution in [3.05, 3.63) is 23.8 Å². The van der Waals surface area contributed by atoms with Crippen LogP contribution in [-0.4, -0.2) is 14.5 Å². The van der Waals surface area contributed by atoms with E-state index >= 15 is 0 Å². The fourth-order valence-corrected chi connectivity index (χ4v) is 2.34. The Kier molecular flexibility index (Phi) is 4.49. The van der Waals surface area contributed by atoms with Crippen molar-refractivity contribution < 1.29 is 13.2 Å². The normalized spacial score (nSPS) is 13.7. The molecule has 104 valence electrons. The summed E-state index contributed by atoms with van der Waals surface area (Å²) in [5, 5.41) is 8.78. The second kappa shape index (κ2) is 5.40. The molecule has 0 amide bonds. The van der Waals surface area contributed by atoms with Gasteiger partial charge in [0.15, 0.2) is 6.10 Å². The van der Waals surface area contributed by atoms with Gasteiger partial charge in [0.25, 0.3) is 9.05 Å². The van der Waals surface area contributed by atoms with Crippen LogP contribution in [0, 0.1) is 11.3 Å². The third kappa shape index (κ3) is 4.12. The van der Waals surface area contributed by atoms with E-state index in [1.54, 1.807) is 6.92 Å². The van der Waals surface area contributed by atoms with Crippen LogP contribution in [0.3, 0.4) is 0 Å². The molecule has 0 fully saturated rings. The maximum absolute atomic E-state index is 11.4. The fraction of sp³-hybridized carbons (Fsp3) is 0.462. The van der Waals surface area contributed by atoms with Gasteiger partial charge >= 0.3 is 0 Å². The molecule has 1 unspecified atom stereocenters. The summed E-state index contributed by atoms with van der Waals surface area (Å²) >= 11 is 0. The van der Waals surface area contributed by atoms with E-state index in [0.717, 1.165) is 0 Å². The van der Waals surface area contributed by atoms with Gasteiger partial charge in [0.05, 0.1) is 4.90 Å². The van der Waals surface area contributed by atoms with Gasteiger partial charge in [0, 0.05) is 16.2 Å². The molecule has 0 saturated heterocycles. The van der Waals surface area contributed by atoms with Gasteiger partial charge in [-0.15, -0.1) is 0 Å². The molecule has 1 aromatic rings. The lowest BCUT2D eigenvalue weighted by molar-refractivity contribution is 0.269. The Morgan fingerprint density at radius 3 is 2.37 bits per heavy atom. The molecular formula is C13H16ClNO3S. The molecule has 0 aromatic heterocycles. The van der Waals surface area contributed by atoms with Gasteiger partial charge in [0.1, 0.15) is 11.8 Å². The quantitative estimate of drug-likeness (QED) is 0.804. The van der Waals surface area contributed by atoms with Crippen molar-refractivity contribution in [2.45, 2.75) is 44.1 Å². The highest BCUT2D eigenvalue weighted by molar-refractivity contribution is 8.13. The monoisotopic (exact) mass is 301 g/mol. The molecule has 0 bridgehead atoms. The molecule has 0 N–H and O–H groups in total. The predicted molar refractivity (Wildman–Crippen MR) is 73.9 cm³/mol. The molecule has 0 radical (unpaired) electrons. The third-order valence-corrected chi connectivity index (χ3v) is 3.88. The largest absolute Gasteiger partial charge is 0.476 e. The lowest BCUT2D eigenvalue weighted by Gasteiger charge is -2.24. The molecule has 19 heavy (non-hydrogen) atoms. The maximum Gasteiger partial charge on any atom is 0.261 e. The summed E-state index contributed by atoms with van der Waals surface area (Å²) in [6.07, 6.45) is -0.612. The van der Waals surface area contributed by atoms with Crippen LogP contribution in [0.4, 0.5) is 0 Å². The number of ether oxygens (including phenoxy) is 1. The van der Waals surface area contributed by atoms with E-state index < -0.39 is 15.2 Å². The minimum Gasteiger partial charge on any atom is -0.476 e. The van der Waals surface area contributed by atoms with E-state index in [1.165, 1.54) is 18.2 Å². The Morgan fingerprint density at radius 1 is 1.37 bits per heavy atom. The minimum absolute atomic E-state index is 0.0241. The molecular weight excluding hydrogens is 286 g/mol. The predicted octanol–water partition coefficient (Wildman–Crippen LogP) is 3.20. The van der Waals surface area contributed by atoms with Crippen molar-refractivity contribution in [3.63, 3.8) is 0 Å². The number of rotatable bonds is 3. The minimum atomic E-state index is -3.78. The van der Waals surface area contributed by atoms with Crippen molar-refractivity contribution in [1.29, 1.82) is 5.26 Å². The second-order valence-corrected chi connectivity index (χ2v) is 7.80. The second-order valence-electron chi connectivity index (χ2n) is 5.23. The average Bonchev–Trinajstić information content (AvgIpc) is 2.26. The molecule has 1 atom stereocenters. The summed E-state index contributed by atoms with van der Waals surface area (Å²) in [5.74, 6) is 0.491. The van der Waals surface area contributed by atoms with Crippen LogP contribution in [0.25, 0.3) is 0 Å². The van der Waals surface area contributed by atoms with E-state index in [0.29, 0.717) is 11.3 Å². The van der Waals surface area contributed by atoms with Crippen LogP contribution in [-0.2, 0) is 14.5 Å². The van der Waals surface area contributed by atoms with Crippen molar-refractivity contribution in [3.8, 4) is 11.8 Å².